The number of rotatable bonds is 2. The molecule has 0 aliphatic carbocycles. The van der Waals surface area contributed by atoms with Crippen molar-refractivity contribution in [2.45, 2.75) is 31.3 Å². The van der Waals surface area contributed by atoms with Gasteiger partial charge in [0.05, 0.1) is 0 Å². The van der Waals surface area contributed by atoms with Crippen LogP contribution >= 0.6 is 15.9 Å². The average Bonchev–Trinajstić information content (AvgIpc) is 3.05. The molecule has 2 aromatic rings. The normalized spacial score (nSPS) is 27.0. The van der Waals surface area contributed by atoms with E-state index in [1.54, 1.807) is 0 Å². The van der Waals surface area contributed by atoms with Crippen molar-refractivity contribution in [1.29, 1.82) is 0 Å². The third-order valence-corrected chi connectivity index (χ3v) is 4.65. The fraction of sp³-hybridized carbons (Fsp3) is 0.538. The Bertz CT molecular complexity index is 610. The molecular formula is C13H16BrN5. The van der Waals surface area contributed by atoms with E-state index in [4.69, 9.17) is 0 Å². The lowest BCUT2D eigenvalue weighted by atomic mass is 10.1. The molecule has 2 aliphatic heterocycles. The summed E-state index contributed by atoms with van der Waals surface area (Å²) in [4.78, 5) is 11.5. The molecule has 0 amide bonds. The fourth-order valence-electron chi connectivity index (χ4n) is 3.42. The Morgan fingerprint density at radius 1 is 1.32 bits per heavy atom. The predicted molar refractivity (Wildman–Crippen MR) is 77.3 cm³/mol. The van der Waals surface area contributed by atoms with Crippen LogP contribution in [0.1, 0.15) is 19.3 Å². The van der Waals surface area contributed by atoms with Gasteiger partial charge in [-0.15, -0.1) is 0 Å². The molecule has 0 saturated carbocycles. The summed E-state index contributed by atoms with van der Waals surface area (Å²) in [6.07, 6.45) is 9.52. The molecule has 2 fully saturated rings. The van der Waals surface area contributed by atoms with Crippen LogP contribution in [-0.4, -0.2) is 44.4 Å². The van der Waals surface area contributed by atoms with E-state index in [2.05, 4.69) is 36.1 Å². The van der Waals surface area contributed by atoms with Gasteiger partial charge in [-0.25, -0.2) is 9.97 Å². The summed E-state index contributed by atoms with van der Waals surface area (Å²) in [5, 5.41) is 3.62. The minimum Gasteiger partial charge on any atom is -0.363 e. The molecule has 0 spiro atoms. The molecule has 19 heavy (non-hydrogen) atoms. The van der Waals surface area contributed by atoms with Gasteiger partial charge in [0.15, 0.2) is 11.5 Å². The Morgan fingerprint density at radius 3 is 3.21 bits per heavy atom. The minimum absolute atomic E-state index is 0.504. The Balaban J connectivity index is 1.66. The smallest absolute Gasteiger partial charge is 0.180 e. The summed E-state index contributed by atoms with van der Waals surface area (Å²) in [6, 6.07) is 1.18. The number of aromatic nitrogens is 3. The maximum absolute atomic E-state index is 4.55. The molecule has 1 N–H and O–H groups in total. The molecule has 2 saturated heterocycles. The number of hydrogen-bond acceptors (Lipinski definition) is 4. The van der Waals surface area contributed by atoms with E-state index in [1.165, 1.54) is 32.4 Å². The first-order valence-corrected chi connectivity index (χ1v) is 7.60. The number of nitrogens with one attached hydrogen (secondary N) is 1. The lowest BCUT2D eigenvalue weighted by Crippen LogP contribution is -2.34. The Hall–Kier alpha value is -1.14. The standard InChI is InChI=1S/C13H16BrN5/c14-11-8-19-7-4-15-13(19)12(17-11)16-9-3-6-18-5-1-2-10(9)18/h4,7-10H,1-3,5-6H2,(H,16,17). The maximum Gasteiger partial charge on any atom is 0.180 e. The van der Waals surface area contributed by atoms with Crippen LogP contribution in [0.2, 0.25) is 0 Å². The first-order chi connectivity index (χ1) is 9.31. The van der Waals surface area contributed by atoms with Gasteiger partial charge in [-0.1, -0.05) is 0 Å². The summed E-state index contributed by atoms with van der Waals surface area (Å²) >= 11 is 3.46. The molecule has 2 atom stereocenters. The van der Waals surface area contributed by atoms with Crippen molar-refractivity contribution in [3.8, 4) is 0 Å². The molecular weight excluding hydrogens is 306 g/mol. The second-order valence-electron chi connectivity index (χ2n) is 5.36. The molecule has 100 valence electrons. The molecule has 0 bridgehead atoms. The molecule has 0 radical (unpaired) electrons. The van der Waals surface area contributed by atoms with Gasteiger partial charge in [0, 0.05) is 37.2 Å². The number of halogens is 1. The van der Waals surface area contributed by atoms with E-state index in [-0.39, 0.29) is 0 Å². The lowest BCUT2D eigenvalue weighted by Gasteiger charge is -2.21. The van der Waals surface area contributed by atoms with Crippen LogP contribution in [0, 0.1) is 0 Å². The second-order valence-corrected chi connectivity index (χ2v) is 6.17. The van der Waals surface area contributed by atoms with Gasteiger partial charge in [-0.3, -0.25) is 4.90 Å². The van der Waals surface area contributed by atoms with Crippen LogP contribution in [0.15, 0.2) is 23.2 Å². The number of imidazole rings is 1. The largest absolute Gasteiger partial charge is 0.363 e. The number of nitrogens with zero attached hydrogens (tertiary/aromatic N) is 4. The summed E-state index contributed by atoms with van der Waals surface area (Å²) < 4.78 is 2.84. The zero-order valence-corrected chi connectivity index (χ0v) is 12.2. The van der Waals surface area contributed by atoms with Crippen molar-refractivity contribution < 1.29 is 0 Å². The summed E-state index contributed by atoms with van der Waals surface area (Å²) in [5.74, 6) is 0.887. The summed E-state index contributed by atoms with van der Waals surface area (Å²) in [6.45, 7) is 2.47. The monoisotopic (exact) mass is 321 g/mol. The highest BCUT2D eigenvalue weighted by molar-refractivity contribution is 9.10. The SMILES string of the molecule is Brc1cn2ccnc2c(NC2CCN3CCCC23)n1. The minimum atomic E-state index is 0.504. The highest BCUT2D eigenvalue weighted by atomic mass is 79.9. The van der Waals surface area contributed by atoms with Gasteiger partial charge in [-0.2, -0.15) is 0 Å². The third kappa shape index (κ3) is 1.94. The van der Waals surface area contributed by atoms with Gasteiger partial charge >= 0.3 is 0 Å². The first-order valence-electron chi connectivity index (χ1n) is 6.81. The van der Waals surface area contributed by atoms with Gasteiger partial charge in [-0.05, 0) is 41.7 Å². The molecule has 4 rings (SSSR count). The Labute approximate surface area is 120 Å². The second kappa shape index (κ2) is 4.45. The number of anilines is 1. The van der Waals surface area contributed by atoms with Crippen LogP contribution in [-0.2, 0) is 0 Å². The van der Waals surface area contributed by atoms with E-state index in [0.717, 1.165) is 16.1 Å². The summed E-state index contributed by atoms with van der Waals surface area (Å²) in [7, 11) is 0. The quantitative estimate of drug-likeness (QED) is 0.920. The van der Waals surface area contributed by atoms with Crippen molar-refractivity contribution in [2.24, 2.45) is 0 Å². The first kappa shape index (κ1) is 11.7. The van der Waals surface area contributed by atoms with E-state index in [0.29, 0.717) is 12.1 Å². The van der Waals surface area contributed by atoms with Gasteiger partial charge in [0.2, 0.25) is 0 Å². The molecule has 2 aromatic heterocycles. The highest BCUT2D eigenvalue weighted by Crippen LogP contribution is 2.30. The van der Waals surface area contributed by atoms with Crippen LogP contribution in [0.4, 0.5) is 5.82 Å². The van der Waals surface area contributed by atoms with Crippen molar-refractivity contribution in [3.63, 3.8) is 0 Å². The van der Waals surface area contributed by atoms with E-state index >= 15 is 0 Å². The van der Waals surface area contributed by atoms with Crippen molar-refractivity contribution in [1.82, 2.24) is 19.3 Å². The van der Waals surface area contributed by atoms with Gasteiger partial charge in [0.25, 0.3) is 0 Å². The zero-order chi connectivity index (χ0) is 12.8. The van der Waals surface area contributed by atoms with E-state index in [9.17, 15) is 0 Å². The molecule has 6 heteroatoms. The topological polar surface area (TPSA) is 45.5 Å². The highest BCUT2D eigenvalue weighted by Gasteiger charge is 2.37. The lowest BCUT2D eigenvalue weighted by molar-refractivity contribution is 0.318. The van der Waals surface area contributed by atoms with Gasteiger partial charge in [0.1, 0.15) is 4.60 Å². The Kier molecular flexibility index (Phi) is 2.73. The average molecular weight is 322 g/mol. The van der Waals surface area contributed by atoms with E-state index < -0.39 is 0 Å². The molecule has 4 heterocycles. The van der Waals surface area contributed by atoms with E-state index in [1.807, 2.05) is 23.0 Å². The number of hydrogen-bond donors (Lipinski definition) is 1. The Morgan fingerprint density at radius 2 is 2.26 bits per heavy atom. The predicted octanol–water partition coefficient (Wildman–Crippen LogP) is 2.14. The van der Waals surface area contributed by atoms with Crippen LogP contribution in [0.5, 0.6) is 0 Å². The van der Waals surface area contributed by atoms with Crippen molar-refractivity contribution in [3.05, 3.63) is 23.2 Å². The molecule has 0 aromatic carbocycles. The molecule has 2 aliphatic rings. The van der Waals surface area contributed by atoms with Crippen LogP contribution < -0.4 is 5.32 Å². The fourth-order valence-corrected chi connectivity index (χ4v) is 3.82. The van der Waals surface area contributed by atoms with Crippen molar-refractivity contribution >= 4 is 27.4 Å². The van der Waals surface area contributed by atoms with Crippen molar-refractivity contribution in [2.75, 3.05) is 18.4 Å². The maximum atomic E-state index is 4.55. The van der Waals surface area contributed by atoms with Crippen LogP contribution in [0.25, 0.3) is 5.65 Å². The number of fused-ring (bicyclic) bond motifs is 2. The third-order valence-electron chi connectivity index (χ3n) is 4.27. The summed E-state index contributed by atoms with van der Waals surface area (Å²) in [5.41, 5.74) is 0.902. The van der Waals surface area contributed by atoms with Crippen LogP contribution in [0.3, 0.4) is 0 Å². The molecule has 2 unspecified atom stereocenters. The van der Waals surface area contributed by atoms with Gasteiger partial charge < -0.3 is 9.72 Å². The molecule has 5 nitrogen and oxygen atoms in total. The zero-order valence-electron chi connectivity index (χ0n) is 10.6.